The topological polar surface area (TPSA) is 110 Å². The number of hydrogen-bond acceptors (Lipinski definition) is 4. The second-order valence-corrected chi connectivity index (χ2v) is 9.91. The second kappa shape index (κ2) is 13.1. The third-order valence-corrected chi connectivity index (χ3v) is 7.17. The third kappa shape index (κ3) is 7.98. The summed E-state index contributed by atoms with van der Waals surface area (Å²) in [5.41, 5.74) is 14.6. The predicted octanol–water partition coefficient (Wildman–Crippen LogP) is 4.09. The van der Waals surface area contributed by atoms with Crippen molar-refractivity contribution in [3.8, 4) is 0 Å². The van der Waals surface area contributed by atoms with Crippen molar-refractivity contribution in [2.45, 2.75) is 70.1 Å². The van der Waals surface area contributed by atoms with Crippen LogP contribution in [0.25, 0.3) is 0 Å². The van der Waals surface area contributed by atoms with Gasteiger partial charge in [0.1, 0.15) is 6.04 Å². The minimum atomic E-state index is -0.787. The summed E-state index contributed by atoms with van der Waals surface area (Å²) in [5, 5.41) is 6.64. The highest BCUT2D eigenvalue weighted by Gasteiger charge is 2.26. The molecule has 6 N–H and O–H groups in total. The van der Waals surface area contributed by atoms with Gasteiger partial charge in [0, 0.05) is 19.5 Å². The average molecular weight is 505 g/mol. The molecule has 2 aromatic carbocycles. The number of rotatable bonds is 10. The molecule has 0 unspecified atom stereocenters. The molecule has 0 aromatic heterocycles. The molecule has 1 aliphatic carbocycles. The Labute approximate surface area is 211 Å². The molecule has 0 spiro atoms. The van der Waals surface area contributed by atoms with Gasteiger partial charge in [0.15, 0.2) is 0 Å². The maximum atomic E-state index is 13.1. The van der Waals surface area contributed by atoms with Gasteiger partial charge in [0.05, 0.1) is 16.1 Å². The molecule has 34 heavy (non-hydrogen) atoms. The molecule has 0 radical (unpaired) electrons. The molecule has 1 saturated carbocycles. The van der Waals surface area contributed by atoms with E-state index in [1.54, 1.807) is 18.2 Å². The van der Waals surface area contributed by atoms with Crippen molar-refractivity contribution in [1.82, 2.24) is 10.6 Å². The Morgan fingerprint density at radius 2 is 1.56 bits per heavy atom. The van der Waals surface area contributed by atoms with E-state index in [0.29, 0.717) is 35.5 Å². The summed E-state index contributed by atoms with van der Waals surface area (Å²) in [6.07, 6.45) is 6.76. The monoisotopic (exact) mass is 504 g/mol. The van der Waals surface area contributed by atoms with Crippen LogP contribution >= 0.6 is 23.2 Å². The zero-order valence-corrected chi connectivity index (χ0v) is 20.9. The van der Waals surface area contributed by atoms with Crippen molar-refractivity contribution in [2.75, 3.05) is 0 Å². The summed E-state index contributed by atoms with van der Waals surface area (Å²) in [6.45, 7) is 0.803. The minimum Gasteiger partial charge on any atom is -0.350 e. The van der Waals surface area contributed by atoms with Crippen molar-refractivity contribution in [3.05, 3.63) is 69.2 Å². The lowest BCUT2D eigenvalue weighted by molar-refractivity contribution is -0.129. The molecule has 8 heteroatoms. The van der Waals surface area contributed by atoms with E-state index in [1.165, 1.54) is 19.3 Å². The zero-order valence-electron chi connectivity index (χ0n) is 19.4. The van der Waals surface area contributed by atoms with Gasteiger partial charge in [-0.2, -0.15) is 0 Å². The van der Waals surface area contributed by atoms with Gasteiger partial charge >= 0.3 is 0 Å². The fourth-order valence-corrected chi connectivity index (χ4v) is 4.71. The van der Waals surface area contributed by atoms with Crippen LogP contribution in [0.3, 0.4) is 0 Å². The standard InChI is InChI=1S/C26H34Cl2N4O2/c27-21-11-10-20(12-22(21)28)14-24(26(34)31-16-19-8-6-18(15-29)7-9-19)32-25(33)23(30)13-17-4-2-1-3-5-17/h6-12,17,23-24H,1-5,13-16,29-30H2,(H,31,34)(H,32,33)/t23-,24+/m1/s1. The van der Waals surface area contributed by atoms with E-state index in [9.17, 15) is 9.59 Å². The molecule has 1 aliphatic rings. The summed E-state index contributed by atoms with van der Waals surface area (Å²) in [4.78, 5) is 26.0. The van der Waals surface area contributed by atoms with Gasteiger partial charge in [-0.1, -0.05) is 85.6 Å². The summed E-state index contributed by atoms with van der Waals surface area (Å²) in [6, 6.07) is 11.5. The van der Waals surface area contributed by atoms with Crippen molar-refractivity contribution in [3.63, 3.8) is 0 Å². The van der Waals surface area contributed by atoms with Crippen LogP contribution in [0.1, 0.15) is 55.2 Å². The van der Waals surface area contributed by atoms with Crippen molar-refractivity contribution >= 4 is 35.0 Å². The number of halogens is 2. The second-order valence-electron chi connectivity index (χ2n) is 9.10. The number of nitrogens with one attached hydrogen (secondary N) is 2. The lowest BCUT2D eigenvalue weighted by Crippen LogP contribution is -2.52. The van der Waals surface area contributed by atoms with Gasteiger partial charge in [-0.3, -0.25) is 9.59 Å². The summed E-state index contributed by atoms with van der Waals surface area (Å²) < 4.78 is 0. The first-order chi connectivity index (χ1) is 16.4. The molecular formula is C26H34Cl2N4O2. The first-order valence-electron chi connectivity index (χ1n) is 11.9. The van der Waals surface area contributed by atoms with E-state index >= 15 is 0 Å². The van der Waals surface area contributed by atoms with Crippen LogP contribution in [0, 0.1) is 5.92 Å². The Balaban J connectivity index is 1.66. The smallest absolute Gasteiger partial charge is 0.243 e. The first-order valence-corrected chi connectivity index (χ1v) is 12.7. The van der Waals surface area contributed by atoms with Crippen LogP contribution in [-0.2, 0) is 29.1 Å². The minimum absolute atomic E-state index is 0.275. The van der Waals surface area contributed by atoms with Crippen molar-refractivity contribution in [1.29, 1.82) is 0 Å². The summed E-state index contributed by atoms with van der Waals surface area (Å²) in [7, 11) is 0. The number of amides is 2. The lowest BCUT2D eigenvalue weighted by Gasteiger charge is -2.25. The molecular weight excluding hydrogens is 471 g/mol. The number of benzene rings is 2. The summed E-state index contributed by atoms with van der Waals surface area (Å²) in [5.74, 6) is -0.126. The van der Waals surface area contributed by atoms with Crippen molar-refractivity contribution in [2.24, 2.45) is 17.4 Å². The van der Waals surface area contributed by atoms with E-state index in [-0.39, 0.29) is 18.2 Å². The maximum Gasteiger partial charge on any atom is 0.243 e. The van der Waals surface area contributed by atoms with E-state index in [4.69, 9.17) is 34.7 Å². The Kier molecular flexibility index (Phi) is 10.2. The zero-order chi connectivity index (χ0) is 24.5. The van der Waals surface area contributed by atoms with Gasteiger partial charge in [-0.25, -0.2) is 0 Å². The highest BCUT2D eigenvalue weighted by molar-refractivity contribution is 6.42. The highest BCUT2D eigenvalue weighted by Crippen LogP contribution is 2.27. The first kappa shape index (κ1) is 26.5. The Morgan fingerprint density at radius 3 is 2.21 bits per heavy atom. The van der Waals surface area contributed by atoms with Gasteiger partial charge in [0.25, 0.3) is 0 Å². The molecule has 0 bridgehead atoms. The molecule has 2 aromatic rings. The molecule has 0 heterocycles. The summed E-state index contributed by atoms with van der Waals surface area (Å²) >= 11 is 12.2. The van der Waals surface area contributed by atoms with Crippen LogP contribution in [0.4, 0.5) is 0 Å². The molecule has 6 nitrogen and oxygen atoms in total. The third-order valence-electron chi connectivity index (χ3n) is 6.43. The van der Waals surface area contributed by atoms with Gasteiger partial charge in [-0.05, 0) is 41.2 Å². The number of carbonyl (C=O) groups is 2. The quantitative estimate of drug-likeness (QED) is 0.390. The van der Waals surface area contributed by atoms with Gasteiger partial charge in [-0.15, -0.1) is 0 Å². The molecule has 0 saturated heterocycles. The molecule has 2 atom stereocenters. The van der Waals surface area contributed by atoms with Crippen LogP contribution in [-0.4, -0.2) is 23.9 Å². The Hall–Kier alpha value is -2.12. The Morgan fingerprint density at radius 1 is 0.912 bits per heavy atom. The molecule has 184 valence electrons. The van der Waals surface area contributed by atoms with E-state index in [0.717, 1.165) is 29.5 Å². The number of carbonyl (C=O) groups excluding carboxylic acids is 2. The van der Waals surface area contributed by atoms with E-state index < -0.39 is 12.1 Å². The number of nitrogens with two attached hydrogens (primary N) is 2. The van der Waals surface area contributed by atoms with E-state index in [1.807, 2.05) is 24.3 Å². The highest BCUT2D eigenvalue weighted by atomic mass is 35.5. The fourth-order valence-electron chi connectivity index (χ4n) is 4.38. The van der Waals surface area contributed by atoms with Gasteiger partial charge in [0.2, 0.25) is 11.8 Å². The Bertz CT molecular complexity index is 962. The number of hydrogen-bond donors (Lipinski definition) is 4. The van der Waals surface area contributed by atoms with Crippen LogP contribution < -0.4 is 22.1 Å². The molecule has 1 fully saturated rings. The van der Waals surface area contributed by atoms with Crippen LogP contribution in [0.5, 0.6) is 0 Å². The lowest BCUT2D eigenvalue weighted by atomic mass is 9.85. The maximum absolute atomic E-state index is 13.1. The largest absolute Gasteiger partial charge is 0.350 e. The van der Waals surface area contributed by atoms with Gasteiger partial charge < -0.3 is 22.1 Å². The van der Waals surface area contributed by atoms with Crippen LogP contribution in [0.2, 0.25) is 10.0 Å². The van der Waals surface area contributed by atoms with E-state index in [2.05, 4.69) is 10.6 Å². The average Bonchev–Trinajstić information content (AvgIpc) is 2.85. The normalized spacial score (nSPS) is 16.0. The molecule has 2 amide bonds. The fraction of sp³-hybridized carbons (Fsp3) is 0.462. The SMILES string of the molecule is NCc1ccc(CNC(=O)[C@H](Cc2ccc(Cl)c(Cl)c2)NC(=O)[C@H](N)CC2CCCCC2)cc1. The van der Waals surface area contributed by atoms with Crippen molar-refractivity contribution < 1.29 is 9.59 Å². The molecule has 3 rings (SSSR count). The van der Waals surface area contributed by atoms with Crippen LogP contribution in [0.15, 0.2) is 42.5 Å². The predicted molar refractivity (Wildman–Crippen MR) is 137 cm³/mol. The molecule has 0 aliphatic heterocycles.